The summed E-state index contributed by atoms with van der Waals surface area (Å²) in [5.74, 6) is 0.729. The monoisotopic (exact) mass is 399 g/mol. The number of fused-ring (bicyclic) bond motifs is 3. The third kappa shape index (κ3) is 3.24. The minimum absolute atomic E-state index is 0.310. The van der Waals surface area contributed by atoms with E-state index in [4.69, 9.17) is 0 Å². The van der Waals surface area contributed by atoms with Crippen molar-refractivity contribution in [2.24, 2.45) is 0 Å². The van der Waals surface area contributed by atoms with Crippen LogP contribution < -0.4 is 5.32 Å². The van der Waals surface area contributed by atoms with Crippen molar-refractivity contribution in [2.45, 2.75) is 25.3 Å². The van der Waals surface area contributed by atoms with Crippen LogP contribution in [0.4, 0.5) is 5.82 Å². The van der Waals surface area contributed by atoms with E-state index in [9.17, 15) is 8.42 Å². The van der Waals surface area contributed by atoms with Gasteiger partial charge in [0.15, 0.2) is 9.84 Å². The molecule has 3 heterocycles. The van der Waals surface area contributed by atoms with Crippen molar-refractivity contribution in [3.05, 3.63) is 47.4 Å². The van der Waals surface area contributed by atoms with Gasteiger partial charge in [-0.1, -0.05) is 12.1 Å². The molecule has 138 valence electrons. The first-order chi connectivity index (χ1) is 12.8. The van der Waals surface area contributed by atoms with Gasteiger partial charge in [0.05, 0.1) is 20.8 Å². The fraction of sp³-hybridized carbons (Fsp3) is 0.222. The van der Waals surface area contributed by atoms with Crippen molar-refractivity contribution in [3.8, 4) is 0 Å². The number of hydrogen-bond acceptors (Lipinski definition) is 8. The molecule has 0 unspecified atom stereocenters. The van der Waals surface area contributed by atoms with Crippen molar-refractivity contribution in [1.29, 1.82) is 0 Å². The van der Waals surface area contributed by atoms with Crippen LogP contribution in [0, 0.1) is 13.8 Å². The van der Waals surface area contributed by atoms with E-state index in [1.54, 1.807) is 30.6 Å². The molecule has 0 spiro atoms. The lowest BCUT2D eigenvalue weighted by atomic mass is 10.1. The highest BCUT2D eigenvalue weighted by Crippen LogP contribution is 2.36. The number of anilines is 1. The Morgan fingerprint density at radius 2 is 1.81 bits per heavy atom. The Balaban J connectivity index is 1.67. The van der Waals surface area contributed by atoms with Gasteiger partial charge in [0, 0.05) is 18.2 Å². The molecular weight excluding hydrogens is 382 g/mol. The van der Waals surface area contributed by atoms with Crippen LogP contribution in [0.25, 0.3) is 20.4 Å². The molecule has 0 bridgehead atoms. The lowest BCUT2D eigenvalue weighted by Crippen LogP contribution is -2.03. The predicted molar refractivity (Wildman–Crippen MR) is 107 cm³/mol. The number of aromatic nitrogens is 4. The quantitative estimate of drug-likeness (QED) is 0.562. The summed E-state index contributed by atoms with van der Waals surface area (Å²) in [5.41, 5.74) is 3.80. The fourth-order valence-corrected chi connectivity index (χ4v) is 4.58. The van der Waals surface area contributed by atoms with Crippen molar-refractivity contribution < 1.29 is 8.42 Å². The predicted octanol–water partition coefficient (Wildman–Crippen LogP) is 3.27. The second kappa shape index (κ2) is 6.50. The van der Waals surface area contributed by atoms with Crippen LogP contribution in [0.1, 0.15) is 16.8 Å². The number of nitrogens with one attached hydrogen (secondary N) is 1. The van der Waals surface area contributed by atoms with E-state index in [1.165, 1.54) is 17.6 Å². The standard InChI is InChI=1S/C18H17N5O2S2/c1-10-11(2)22-23-18-14(10)15-16(26-18)17(21-9-20-15)19-8-12-4-6-13(7-5-12)27(3,24)25/h4-7,9H,8H2,1-3H3,(H,19,20,21). The summed E-state index contributed by atoms with van der Waals surface area (Å²) in [6.45, 7) is 4.48. The van der Waals surface area contributed by atoms with Gasteiger partial charge in [0.2, 0.25) is 0 Å². The maximum atomic E-state index is 11.6. The molecule has 9 heteroatoms. The number of rotatable bonds is 4. The van der Waals surface area contributed by atoms with E-state index in [0.29, 0.717) is 11.4 Å². The Labute approximate surface area is 160 Å². The molecule has 0 fully saturated rings. The highest BCUT2D eigenvalue weighted by Gasteiger charge is 2.15. The Bertz CT molecular complexity index is 1260. The van der Waals surface area contributed by atoms with Crippen LogP contribution in [-0.4, -0.2) is 34.8 Å². The zero-order chi connectivity index (χ0) is 19.2. The number of aryl methyl sites for hydroxylation is 2. The SMILES string of the molecule is Cc1nnc2sc3c(NCc4ccc(S(C)(=O)=O)cc4)ncnc3c2c1C. The first-order valence-electron chi connectivity index (χ1n) is 8.24. The van der Waals surface area contributed by atoms with Gasteiger partial charge in [-0.3, -0.25) is 0 Å². The molecule has 4 rings (SSSR count). The Hall–Kier alpha value is -2.65. The van der Waals surface area contributed by atoms with Crippen LogP contribution in [0.5, 0.6) is 0 Å². The van der Waals surface area contributed by atoms with E-state index in [2.05, 4.69) is 25.5 Å². The van der Waals surface area contributed by atoms with Gasteiger partial charge in [0.1, 0.15) is 17.0 Å². The third-order valence-electron chi connectivity index (χ3n) is 4.47. The molecule has 0 saturated heterocycles. The third-order valence-corrected chi connectivity index (χ3v) is 6.67. The highest BCUT2D eigenvalue weighted by atomic mass is 32.2. The Morgan fingerprint density at radius 1 is 1.07 bits per heavy atom. The summed E-state index contributed by atoms with van der Waals surface area (Å²) in [7, 11) is -3.19. The molecule has 0 aliphatic rings. The fourth-order valence-electron chi connectivity index (χ4n) is 2.85. The molecule has 1 aromatic carbocycles. The van der Waals surface area contributed by atoms with Gasteiger partial charge in [-0.05, 0) is 37.1 Å². The van der Waals surface area contributed by atoms with Crippen molar-refractivity contribution in [2.75, 3.05) is 11.6 Å². The normalized spacial score (nSPS) is 12.0. The number of sulfone groups is 1. The molecule has 0 saturated carbocycles. The van der Waals surface area contributed by atoms with Gasteiger partial charge in [-0.2, -0.15) is 5.10 Å². The molecule has 0 aliphatic carbocycles. The molecule has 1 N–H and O–H groups in total. The minimum atomic E-state index is -3.19. The lowest BCUT2D eigenvalue weighted by Gasteiger charge is -2.07. The molecular formula is C18H17N5O2S2. The number of nitrogens with zero attached hydrogens (tertiary/aromatic N) is 4. The summed E-state index contributed by atoms with van der Waals surface area (Å²) in [4.78, 5) is 9.97. The zero-order valence-corrected chi connectivity index (χ0v) is 16.6. The van der Waals surface area contributed by atoms with E-state index in [1.807, 2.05) is 13.8 Å². The van der Waals surface area contributed by atoms with Gasteiger partial charge in [0.25, 0.3) is 0 Å². The number of hydrogen-bond donors (Lipinski definition) is 1. The maximum absolute atomic E-state index is 11.6. The molecule has 0 aliphatic heterocycles. The molecule has 7 nitrogen and oxygen atoms in total. The molecule has 0 atom stereocenters. The summed E-state index contributed by atoms with van der Waals surface area (Å²) in [6.07, 6.45) is 2.74. The minimum Gasteiger partial charge on any atom is -0.365 e. The van der Waals surface area contributed by atoms with E-state index >= 15 is 0 Å². The van der Waals surface area contributed by atoms with E-state index < -0.39 is 9.84 Å². The summed E-state index contributed by atoms with van der Waals surface area (Å²) in [6, 6.07) is 6.82. The van der Waals surface area contributed by atoms with Crippen molar-refractivity contribution >= 4 is 47.4 Å². The van der Waals surface area contributed by atoms with Crippen LogP contribution in [-0.2, 0) is 16.4 Å². The van der Waals surface area contributed by atoms with Gasteiger partial charge in [-0.25, -0.2) is 18.4 Å². The summed E-state index contributed by atoms with van der Waals surface area (Å²) < 4.78 is 24.1. The van der Waals surface area contributed by atoms with Gasteiger partial charge >= 0.3 is 0 Å². The Morgan fingerprint density at radius 3 is 2.52 bits per heavy atom. The smallest absolute Gasteiger partial charge is 0.175 e. The average molecular weight is 400 g/mol. The van der Waals surface area contributed by atoms with Gasteiger partial charge < -0.3 is 5.32 Å². The average Bonchev–Trinajstić information content (AvgIpc) is 3.02. The largest absolute Gasteiger partial charge is 0.365 e. The zero-order valence-electron chi connectivity index (χ0n) is 15.0. The van der Waals surface area contributed by atoms with Crippen LogP contribution in [0.2, 0.25) is 0 Å². The first kappa shape index (κ1) is 17.7. The Kier molecular flexibility index (Phi) is 4.27. The highest BCUT2D eigenvalue weighted by molar-refractivity contribution is 7.90. The second-order valence-corrected chi connectivity index (χ2v) is 9.38. The van der Waals surface area contributed by atoms with Crippen LogP contribution >= 0.6 is 11.3 Å². The second-order valence-electron chi connectivity index (χ2n) is 6.36. The van der Waals surface area contributed by atoms with E-state index in [0.717, 1.165) is 43.1 Å². The topological polar surface area (TPSA) is 97.7 Å². The lowest BCUT2D eigenvalue weighted by molar-refractivity contribution is 0.602. The molecule has 0 amide bonds. The number of benzene rings is 1. The summed E-state index contributed by atoms with van der Waals surface area (Å²) >= 11 is 1.51. The molecule has 4 aromatic rings. The van der Waals surface area contributed by atoms with Crippen LogP contribution in [0.15, 0.2) is 35.5 Å². The number of thiophene rings is 1. The first-order valence-corrected chi connectivity index (χ1v) is 11.0. The van der Waals surface area contributed by atoms with E-state index in [-0.39, 0.29) is 0 Å². The van der Waals surface area contributed by atoms with Crippen molar-refractivity contribution in [1.82, 2.24) is 20.2 Å². The molecule has 3 aromatic heterocycles. The molecule has 0 radical (unpaired) electrons. The van der Waals surface area contributed by atoms with Gasteiger partial charge in [-0.15, -0.1) is 16.4 Å². The summed E-state index contributed by atoms with van der Waals surface area (Å²) in [5, 5.41) is 12.8. The maximum Gasteiger partial charge on any atom is 0.175 e. The van der Waals surface area contributed by atoms with Crippen LogP contribution in [0.3, 0.4) is 0 Å². The molecule has 27 heavy (non-hydrogen) atoms. The van der Waals surface area contributed by atoms with Crippen molar-refractivity contribution in [3.63, 3.8) is 0 Å².